The molecule has 0 spiro atoms. The predicted octanol–water partition coefficient (Wildman–Crippen LogP) is 4.06. The smallest absolute Gasteiger partial charge is 0.354 e. The number of H-pyrrole nitrogens is 1. The summed E-state index contributed by atoms with van der Waals surface area (Å²) in [6, 6.07) is 16.2. The van der Waals surface area contributed by atoms with Crippen LogP contribution in [-0.4, -0.2) is 45.8 Å². The van der Waals surface area contributed by atoms with Crippen LogP contribution in [0.15, 0.2) is 60.8 Å². The largest absolute Gasteiger partial charge is 0.418 e. The normalized spacial score (nSPS) is 17.1. The molecular formula is C23H21F3N6. The van der Waals surface area contributed by atoms with E-state index in [1.54, 1.807) is 18.3 Å². The van der Waals surface area contributed by atoms with Crippen molar-refractivity contribution in [2.45, 2.75) is 18.6 Å². The van der Waals surface area contributed by atoms with Crippen molar-refractivity contribution in [3.8, 4) is 11.4 Å². The molecule has 2 N–H and O–H groups in total. The Labute approximate surface area is 182 Å². The first-order valence-corrected chi connectivity index (χ1v) is 10.4. The molecule has 1 aromatic carbocycles. The van der Waals surface area contributed by atoms with Gasteiger partial charge in [-0.25, -0.2) is 9.97 Å². The molecule has 1 saturated heterocycles. The molecule has 0 saturated carbocycles. The highest BCUT2D eigenvalue weighted by Crippen LogP contribution is 2.38. The van der Waals surface area contributed by atoms with Crippen LogP contribution in [0.3, 0.4) is 0 Å². The number of hydrogen-bond donors (Lipinski definition) is 2. The number of nitrogens with one attached hydrogen (secondary N) is 2. The van der Waals surface area contributed by atoms with E-state index in [1.165, 1.54) is 11.6 Å². The molecule has 0 unspecified atom stereocenters. The van der Waals surface area contributed by atoms with Crippen LogP contribution in [0.25, 0.3) is 22.4 Å². The lowest BCUT2D eigenvalue weighted by atomic mass is 10.0. The highest BCUT2D eigenvalue weighted by atomic mass is 19.4. The number of alkyl halides is 3. The molecule has 0 bridgehead atoms. The fourth-order valence-electron chi connectivity index (χ4n) is 4.14. The van der Waals surface area contributed by atoms with Crippen LogP contribution in [0.1, 0.15) is 11.1 Å². The van der Waals surface area contributed by atoms with E-state index in [0.29, 0.717) is 29.9 Å². The van der Waals surface area contributed by atoms with Crippen LogP contribution in [0.2, 0.25) is 0 Å². The highest BCUT2D eigenvalue weighted by Gasteiger charge is 2.36. The Hall–Kier alpha value is -3.46. The number of nitrogens with zero attached hydrogens (tertiary/aromatic N) is 4. The number of anilines is 1. The van der Waals surface area contributed by atoms with Gasteiger partial charge in [0.25, 0.3) is 0 Å². The van der Waals surface area contributed by atoms with Gasteiger partial charge in [-0.1, -0.05) is 30.3 Å². The molecule has 6 nitrogen and oxygen atoms in total. The van der Waals surface area contributed by atoms with Gasteiger partial charge < -0.3 is 10.2 Å². The van der Waals surface area contributed by atoms with E-state index in [4.69, 9.17) is 0 Å². The second-order valence-electron chi connectivity index (χ2n) is 7.82. The maximum atomic E-state index is 13.8. The van der Waals surface area contributed by atoms with Crippen molar-refractivity contribution in [3.05, 3.63) is 71.9 Å². The van der Waals surface area contributed by atoms with E-state index in [0.717, 1.165) is 19.0 Å². The fraction of sp³-hybridized carbons (Fsp3) is 0.261. The molecule has 0 radical (unpaired) electrons. The maximum Gasteiger partial charge on any atom is 0.418 e. The summed E-state index contributed by atoms with van der Waals surface area (Å²) in [7, 11) is 0. The zero-order valence-electron chi connectivity index (χ0n) is 17.1. The minimum atomic E-state index is -4.55. The summed E-state index contributed by atoms with van der Waals surface area (Å²) in [6.07, 6.45) is -2.15. The van der Waals surface area contributed by atoms with Gasteiger partial charge in [0.1, 0.15) is 17.2 Å². The Balaban J connectivity index is 1.49. The zero-order valence-corrected chi connectivity index (χ0v) is 17.1. The Morgan fingerprint density at radius 2 is 1.84 bits per heavy atom. The van der Waals surface area contributed by atoms with Crippen molar-refractivity contribution in [1.82, 2.24) is 25.5 Å². The van der Waals surface area contributed by atoms with Gasteiger partial charge in [0.05, 0.1) is 5.56 Å². The number of halogens is 3. The third-order valence-electron chi connectivity index (χ3n) is 5.65. The number of benzene rings is 1. The van der Waals surface area contributed by atoms with E-state index in [1.807, 2.05) is 23.1 Å². The average molecular weight is 438 g/mol. The maximum absolute atomic E-state index is 13.8. The summed E-state index contributed by atoms with van der Waals surface area (Å²) in [5.41, 5.74) is 0.788. The van der Waals surface area contributed by atoms with Gasteiger partial charge in [-0.3, -0.25) is 5.10 Å². The molecule has 164 valence electrons. The molecule has 1 aliphatic rings. The van der Waals surface area contributed by atoms with Gasteiger partial charge in [0, 0.05) is 37.3 Å². The van der Waals surface area contributed by atoms with Crippen molar-refractivity contribution in [2.75, 3.05) is 24.5 Å². The minimum absolute atomic E-state index is 0.151. The van der Waals surface area contributed by atoms with Crippen LogP contribution in [0, 0.1) is 0 Å². The monoisotopic (exact) mass is 438 g/mol. The molecule has 1 atom stereocenters. The number of hydrogen-bond acceptors (Lipinski definition) is 5. The number of aromatic amines is 1. The SMILES string of the molecule is FC(F)(F)c1ccc(N2CCN[C@@H](Cc3ccccc3)C2)nc1-c1n[nH]c2ncccc12. The lowest BCUT2D eigenvalue weighted by molar-refractivity contribution is -0.137. The van der Waals surface area contributed by atoms with Crippen LogP contribution >= 0.6 is 0 Å². The number of rotatable bonds is 4. The summed E-state index contributed by atoms with van der Waals surface area (Å²) < 4.78 is 41.4. The number of aromatic nitrogens is 4. The first-order chi connectivity index (χ1) is 15.5. The van der Waals surface area contributed by atoms with E-state index in [9.17, 15) is 13.2 Å². The summed E-state index contributed by atoms with van der Waals surface area (Å²) >= 11 is 0. The summed E-state index contributed by atoms with van der Waals surface area (Å²) in [4.78, 5) is 10.6. The molecule has 4 aromatic rings. The molecule has 32 heavy (non-hydrogen) atoms. The van der Waals surface area contributed by atoms with Crippen LogP contribution in [0.4, 0.5) is 19.0 Å². The van der Waals surface area contributed by atoms with E-state index in [2.05, 4.69) is 37.6 Å². The van der Waals surface area contributed by atoms with Gasteiger partial charge in [-0.15, -0.1) is 0 Å². The molecule has 4 heterocycles. The van der Waals surface area contributed by atoms with E-state index in [-0.39, 0.29) is 17.4 Å². The Morgan fingerprint density at radius 1 is 1.00 bits per heavy atom. The number of piperazine rings is 1. The first kappa shape index (κ1) is 20.4. The zero-order chi connectivity index (χ0) is 22.1. The van der Waals surface area contributed by atoms with Crippen LogP contribution < -0.4 is 10.2 Å². The van der Waals surface area contributed by atoms with Crippen molar-refractivity contribution in [1.29, 1.82) is 0 Å². The highest BCUT2D eigenvalue weighted by molar-refractivity contribution is 5.90. The molecular weight excluding hydrogens is 417 g/mol. The van der Waals surface area contributed by atoms with Gasteiger partial charge in [-0.2, -0.15) is 18.3 Å². The van der Waals surface area contributed by atoms with Gasteiger partial charge in [0.2, 0.25) is 0 Å². The Bertz CT molecular complexity index is 1220. The number of fused-ring (bicyclic) bond motifs is 1. The van der Waals surface area contributed by atoms with Crippen molar-refractivity contribution >= 4 is 16.9 Å². The van der Waals surface area contributed by atoms with Crippen molar-refractivity contribution in [2.24, 2.45) is 0 Å². The summed E-state index contributed by atoms with van der Waals surface area (Å²) in [5.74, 6) is 0.507. The molecule has 9 heteroatoms. The van der Waals surface area contributed by atoms with Crippen molar-refractivity contribution in [3.63, 3.8) is 0 Å². The Kier molecular flexibility index (Phi) is 5.26. The molecule has 0 aliphatic carbocycles. The molecule has 3 aromatic heterocycles. The average Bonchev–Trinajstić information content (AvgIpc) is 3.23. The van der Waals surface area contributed by atoms with E-state index >= 15 is 0 Å². The molecule has 5 rings (SSSR count). The minimum Gasteiger partial charge on any atom is -0.354 e. The van der Waals surface area contributed by atoms with Gasteiger partial charge >= 0.3 is 6.18 Å². The summed E-state index contributed by atoms with van der Waals surface area (Å²) in [6.45, 7) is 2.03. The quantitative estimate of drug-likeness (QED) is 0.503. The predicted molar refractivity (Wildman–Crippen MR) is 116 cm³/mol. The third-order valence-corrected chi connectivity index (χ3v) is 5.65. The number of pyridine rings is 2. The standard InChI is InChI=1S/C23H21F3N6/c24-23(25,26)18-8-9-19(29-21(18)20-17-7-4-10-28-22(17)31-30-20)32-12-11-27-16(14-32)13-15-5-2-1-3-6-15/h1-10,16,27H,11-14H2,(H,28,30,31)/t16-/m0/s1. The summed E-state index contributed by atoms with van der Waals surface area (Å²) in [5, 5.41) is 10.8. The van der Waals surface area contributed by atoms with Gasteiger partial charge in [-0.05, 0) is 36.2 Å². The van der Waals surface area contributed by atoms with Gasteiger partial charge in [0.15, 0.2) is 5.65 Å². The molecule has 0 amide bonds. The fourth-order valence-corrected chi connectivity index (χ4v) is 4.14. The Morgan fingerprint density at radius 3 is 2.66 bits per heavy atom. The third kappa shape index (κ3) is 4.03. The van der Waals surface area contributed by atoms with Crippen LogP contribution in [-0.2, 0) is 12.6 Å². The first-order valence-electron chi connectivity index (χ1n) is 10.4. The molecule has 1 aliphatic heterocycles. The van der Waals surface area contributed by atoms with E-state index < -0.39 is 11.7 Å². The lowest BCUT2D eigenvalue weighted by Crippen LogP contribution is -2.52. The van der Waals surface area contributed by atoms with Crippen molar-refractivity contribution < 1.29 is 13.2 Å². The second kappa shape index (κ2) is 8.23. The van der Waals surface area contributed by atoms with Crippen LogP contribution in [0.5, 0.6) is 0 Å². The molecule has 1 fully saturated rings. The topological polar surface area (TPSA) is 69.7 Å². The second-order valence-corrected chi connectivity index (χ2v) is 7.82. The lowest BCUT2D eigenvalue weighted by Gasteiger charge is -2.35.